The second kappa shape index (κ2) is 4.17. The van der Waals surface area contributed by atoms with Crippen molar-refractivity contribution in [2.24, 2.45) is 5.73 Å². The van der Waals surface area contributed by atoms with Crippen molar-refractivity contribution < 1.29 is 10.0 Å². The maximum absolute atomic E-state index is 10.7. The molecular formula is C9H12N2O3. The molecule has 0 aliphatic carbocycles. The third kappa shape index (κ3) is 2.07. The molecule has 1 aromatic carbocycles. The lowest BCUT2D eigenvalue weighted by molar-refractivity contribution is -0.385. The number of rotatable bonds is 3. The third-order valence-electron chi connectivity index (χ3n) is 1.98. The highest BCUT2D eigenvalue weighted by Gasteiger charge is 2.18. The summed E-state index contributed by atoms with van der Waals surface area (Å²) in [6, 6.07) is 4.06. The Labute approximate surface area is 81.3 Å². The normalized spacial score (nSPS) is 12.5. The lowest BCUT2D eigenvalue weighted by Crippen LogP contribution is -2.16. The summed E-state index contributed by atoms with van der Waals surface area (Å²) in [4.78, 5) is 10.2. The van der Waals surface area contributed by atoms with E-state index in [0.717, 1.165) is 5.56 Å². The van der Waals surface area contributed by atoms with Gasteiger partial charge < -0.3 is 10.8 Å². The smallest absolute Gasteiger partial charge is 0.274 e. The van der Waals surface area contributed by atoms with Crippen LogP contribution in [-0.4, -0.2) is 16.6 Å². The van der Waals surface area contributed by atoms with E-state index in [-0.39, 0.29) is 12.3 Å². The van der Waals surface area contributed by atoms with E-state index >= 15 is 0 Å². The maximum atomic E-state index is 10.7. The lowest BCUT2D eigenvalue weighted by Gasteiger charge is -2.09. The Bertz CT molecular complexity index is 352. The molecule has 14 heavy (non-hydrogen) atoms. The van der Waals surface area contributed by atoms with Crippen LogP contribution in [0.4, 0.5) is 5.69 Å². The van der Waals surface area contributed by atoms with Gasteiger partial charge in [0.2, 0.25) is 0 Å². The van der Waals surface area contributed by atoms with Gasteiger partial charge in [0.05, 0.1) is 17.6 Å². The molecule has 0 heterocycles. The Hall–Kier alpha value is -1.46. The van der Waals surface area contributed by atoms with E-state index in [4.69, 9.17) is 10.8 Å². The summed E-state index contributed by atoms with van der Waals surface area (Å²) in [5.74, 6) is 0. The van der Waals surface area contributed by atoms with Gasteiger partial charge in [0.1, 0.15) is 0 Å². The SMILES string of the molecule is Cc1ccc([C@@H](N)CO)c([N+](=O)[O-])c1. The van der Waals surface area contributed by atoms with Crippen molar-refractivity contribution in [2.75, 3.05) is 6.61 Å². The molecule has 0 amide bonds. The van der Waals surface area contributed by atoms with Gasteiger partial charge in [-0.15, -0.1) is 0 Å². The van der Waals surface area contributed by atoms with Gasteiger partial charge in [-0.05, 0) is 12.5 Å². The zero-order valence-corrected chi connectivity index (χ0v) is 7.80. The van der Waals surface area contributed by atoms with Crippen LogP contribution in [-0.2, 0) is 0 Å². The summed E-state index contributed by atoms with van der Waals surface area (Å²) in [6.07, 6.45) is 0. The molecule has 3 N–H and O–H groups in total. The maximum Gasteiger partial charge on any atom is 0.274 e. The number of aliphatic hydroxyl groups excluding tert-OH is 1. The Morgan fingerprint density at radius 1 is 1.64 bits per heavy atom. The number of hydrogen-bond donors (Lipinski definition) is 2. The summed E-state index contributed by atoms with van der Waals surface area (Å²) < 4.78 is 0. The molecule has 0 aliphatic heterocycles. The standard InChI is InChI=1S/C9H12N2O3/c1-6-2-3-7(8(10)5-12)9(4-6)11(13)14/h2-4,8,12H,5,10H2,1H3/t8-/m0/s1. The zero-order valence-electron chi connectivity index (χ0n) is 7.80. The Morgan fingerprint density at radius 2 is 2.29 bits per heavy atom. The summed E-state index contributed by atoms with van der Waals surface area (Å²) >= 11 is 0. The number of nitrogens with zero attached hydrogens (tertiary/aromatic N) is 1. The Kier molecular flexibility index (Phi) is 3.16. The minimum atomic E-state index is -0.698. The highest BCUT2D eigenvalue weighted by Crippen LogP contribution is 2.24. The molecule has 0 saturated carbocycles. The molecule has 5 nitrogen and oxygen atoms in total. The predicted molar refractivity (Wildman–Crippen MR) is 51.8 cm³/mol. The molecule has 0 aliphatic rings. The van der Waals surface area contributed by atoms with E-state index in [1.165, 1.54) is 6.07 Å². The minimum Gasteiger partial charge on any atom is -0.394 e. The van der Waals surface area contributed by atoms with E-state index in [0.29, 0.717) is 5.56 Å². The molecule has 0 spiro atoms. The van der Waals surface area contributed by atoms with E-state index < -0.39 is 11.0 Å². The molecule has 5 heteroatoms. The number of aryl methyl sites for hydroxylation is 1. The van der Waals surface area contributed by atoms with Crippen molar-refractivity contribution in [2.45, 2.75) is 13.0 Å². The lowest BCUT2D eigenvalue weighted by atomic mass is 10.0. The Balaban J connectivity index is 3.21. The van der Waals surface area contributed by atoms with Gasteiger partial charge in [0, 0.05) is 11.6 Å². The van der Waals surface area contributed by atoms with E-state index in [9.17, 15) is 10.1 Å². The molecule has 0 unspecified atom stereocenters. The third-order valence-corrected chi connectivity index (χ3v) is 1.98. The Morgan fingerprint density at radius 3 is 2.79 bits per heavy atom. The van der Waals surface area contributed by atoms with E-state index in [1.807, 2.05) is 0 Å². The largest absolute Gasteiger partial charge is 0.394 e. The highest BCUT2D eigenvalue weighted by molar-refractivity contribution is 5.44. The van der Waals surface area contributed by atoms with Crippen molar-refractivity contribution in [1.82, 2.24) is 0 Å². The van der Waals surface area contributed by atoms with Crippen LogP contribution >= 0.6 is 0 Å². The molecule has 1 aromatic rings. The van der Waals surface area contributed by atoms with Gasteiger partial charge in [-0.25, -0.2) is 0 Å². The molecule has 1 rings (SSSR count). The fourth-order valence-electron chi connectivity index (χ4n) is 1.22. The first-order valence-electron chi connectivity index (χ1n) is 4.17. The molecule has 1 atom stereocenters. The average molecular weight is 196 g/mol. The van der Waals surface area contributed by atoms with Crippen LogP contribution in [0, 0.1) is 17.0 Å². The van der Waals surface area contributed by atoms with Crippen molar-refractivity contribution in [3.63, 3.8) is 0 Å². The van der Waals surface area contributed by atoms with E-state index in [1.54, 1.807) is 19.1 Å². The number of aliphatic hydroxyl groups is 1. The topological polar surface area (TPSA) is 89.4 Å². The molecule has 76 valence electrons. The van der Waals surface area contributed by atoms with Crippen molar-refractivity contribution >= 4 is 5.69 Å². The van der Waals surface area contributed by atoms with E-state index in [2.05, 4.69) is 0 Å². The summed E-state index contributed by atoms with van der Waals surface area (Å²) in [7, 11) is 0. The average Bonchev–Trinajstić information content (AvgIpc) is 2.16. The molecule has 0 bridgehead atoms. The van der Waals surface area contributed by atoms with Crippen LogP contribution < -0.4 is 5.73 Å². The van der Waals surface area contributed by atoms with Crippen LogP contribution in [0.5, 0.6) is 0 Å². The number of nitro benzene ring substituents is 1. The second-order valence-electron chi connectivity index (χ2n) is 3.11. The van der Waals surface area contributed by atoms with Gasteiger partial charge in [0.15, 0.2) is 0 Å². The zero-order chi connectivity index (χ0) is 10.7. The molecular weight excluding hydrogens is 184 g/mol. The molecule has 0 radical (unpaired) electrons. The first-order chi connectivity index (χ1) is 6.56. The molecule has 0 aromatic heterocycles. The summed E-state index contributed by atoms with van der Waals surface area (Å²) in [6.45, 7) is 1.46. The van der Waals surface area contributed by atoms with Crippen molar-refractivity contribution in [3.8, 4) is 0 Å². The highest BCUT2D eigenvalue weighted by atomic mass is 16.6. The molecule has 0 saturated heterocycles. The number of nitrogens with two attached hydrogens (primary N) is 1. The predicted octanol–water partition coefficient (Wildman–Crippen LogP) is 0.895. The first-order valence-corrected chi connectivity index (χ1v) is 4.17. The van der Waals surface area contributed by atoms with Crippen LogP contribution in [0.1, 0.15) is 17.2 Å². The summed E-state index contributed by atoms with van der Waals surface area (Å²) in [5.41, 5.74) is 6.65. The van der Waals surface area contributed by atoms with Crippen LogP contribution in [0.15, 0.2) is 18.2 Å². The van der Waals surface area contributed by atoms with Gasteiger partial charge in [-0.2, -0.15) is 0 Å². The number of benzene rings is 1. The number of nitro groups is 1. The van der Waals surface area contributed by atoms with Crippen LogP contribution in [0.3, 0.4) is 0 Å². The fourth-order valence-corrected chi connectivity index (χ4v) is 1.22. The summed E-state index contributed by atoms with van der Waals surface area (Å²) in [5, 5.41) is 19.5. The van der Waals surface area contributed by atoms with Gasteiger partial charge >= 0.3 is 0 Å². The number of hydrogen-bond acceptors (Lipinski definition) is 4. The van der Waals surface area contributed by atoms with Crippen LogP contribution in [0.25, 0.3) is 0 Å². The monoisotopic (exact) mass is 196 g/mol. The molecule has 0 fully saturated rings. The quantitative estimate of drug-likeness (QED) is 0.555. The van der Waals surface area contributed by atoms with Gasteiger partial charge in [0.25, 0.3) is 5.69 Å². The second-order valence-corrected chi connectivity index (χ2v) is 3.11. The van der Waals surface area contributed by atoms with Crippen LogP contribution in [0.2, 0.25) is 0 Å². The minimum absolute atomic E-state index is 0.0356. The van der Waals surface area contributed by atoms with Gasteiger partial charge in [-0.1, -0.05) is 12.1 Å². The first kappa shape index (κ1) is 10.6. The van der Waals surface area contributed by atoms with Crippen molar-refractivity contribution in [1.29, 1.82) is 0 Å². The fraction of sp³-hybridized carbons (Fsp3) is 0.333. The van der Waals surface area contributed by atoms with Crippen molar-refractivity contribution in [3.05, 3.63) is 39.4 Å². The van der Waals surface area contributed by atoms with Gasteiger partial charge in [-0.3, -0.25) is 10.1 Å².